The van der Waals surface area contributed by atoms with Gasteiger partial charge in [0.05, 0.1) is 12.2 Å². The Kier molecular flexibility index (Phi) is 4.60. The summed E-state index contributed by atoms with van der Waals surface area (Å²) >= 11 is 0. The van der Waals surface area contributed by atoms with Gasteiger partial charge in [-0.3, -0.25) is 9.59 Å². The summed E-state index contributed by atoms with van der Waals surface area (Å²) in [5.41, 5.74) is 2.39. The van der Waals surface area contributed by atoms with Crippen LogP contribution in [0.3, 0.4) is 0 Å². The minimum absolute atomic E-state index is 0.0110. The van der Waals surface area contributed by atoms with Gasteiger partial charge in [-0.15, -0.1) is 0 Å². The number of aryl methyl sites for hydroxylation is 1. The Balaban J connectivity index is 1.62. The predicted molar refractivity (Wildman–Crippen MR) is 87.4 cm³/mol. The first kappa shape index (κ1) is 15.5. The topological polar surface area (TPSA) is 59.3 Å². The first-order valence-corrected chi connectivity index (χ1v) is 8.10. The summed E-state index contributed by atoms with van der Waals surface area (Å²) in [6.45, 7) is 1.85. The van der Waals surface area contributed by atoms with Gasteiger partial charge in [-0.2, -0.15) is 0 Å². The van der Waals surface area contributed by atoms with Crippen LogP contribution in [0.1, 0.15) is 53.8 Å². The summed E-state index contributed by atoms with van der Waals surface area (Å²) in [5.74, 6) is 0.152. The molecule has 1 amide bonds. The van der Waals surface area contributed by atoms with Crippen molar-refractivity contribution in [2.24, 2.45) is 0 Å². The van der Waals surface area contributed by atoms with Crippen LogP contribution in [0.15, 0.2) is 47.1 Å². The highest BCUT2D eigenvalue weighted by atomic mass is 16.3. The molecule has 1 N–H and O–H groups in total. The van der Waals surface area contributed by atoms with Gasteiger partial charge in [-0.1, -0.05) is 24.3 Å². The number of rotatable bonds is 5. The van der Waals surface area contributed by atoms with Crippen molar-refractivity contribution in [1.29, 1.82) is 0 Å². The van der Waals surface area contributed by atoms with Crippen LogP contribution in [0.5, 0.6) is 0 Å². The lowest BCUT2D eigenvalue weighted by Crippen LogP contribution is -2.38. The largest absolute Gasteiger partial charge is 0.461 e. The van der Waals surface area contributed by atoms with E-state index in [9.17, 15) is 9.59 Å². The van der Waals surface area contributed by atoms with Crippen LogP contribution in [0.2, 0.25) is 0 Å². The Labute approximate surface area is 135 Å². The van der Waals surface area contributed by atoms with E-state index in [0.717, 1.165) is 24.8 Å². The third-order valence-electron chi connectivity index (χ3n) is 4.36. The number of carbonyl (C=O) groups excluding carboxylic acids is 2. The van der Waals surface area contributed by atoms with E-state index >= 15 is 0 Å². The van der Waals surface area contributed by atoms with Gasteiger partial charge in [0.25, 0.3) is 0 Å². The fourth-order valence-corrected chi connectivity index (χ4v) is 3.24. The number of hydrogen-bond donors (Lipinski definition) is 1. The van der Waals surface area contributed by atoms with E-state index in [2.05, 4.69) is 11.4 Å². The Morgan fingerprint density at radius 1 is 1.26 bits per heavy atom. The molecule has 120 valence electrons. The Hall–Kier alpha value is -2.36. The van der Waals surface area contributed by atoms with Crippen LogP contribution in [0.4, 0.5) is 0 Å². The van der Waals surface area contributed by atoms with Gasteiger partial charge in [0, 0.05) is 12.5 Å². The molecule has 0 radical (unpaired) electrons. The van der Waals surface area contributed by atoms with Crippen molar-refractivity contribution < 1.29 is 14.0 Å². The molecule has 1 heterocycles. The van der Waals surface area contributed by atoms with Crippen molar-refractivity contribution in [3.8, 4) is 0 Å². The van der Waals surface area contributed by atoms with Crippen LogP contribution in [-0.2, 0) is 11.2 Å². The van der Waals surface area contributed by atoms with Crippen molar-refractivity contribution in [1.82, 2.24) is 5.32 Å². The molecule has 0 bridgehead atoms. The van der Waals surface area contributed by atoms with Crippen LogP contribution < -0.4 is 5.32 Å². The molecule has 0 spiro atoms. The minimum Gasteiger partial charge on any atom is -0.461 e. The zero-order chi connectivity index (χ0) is 16.2. The van der Waals surface area contributed by atoms with Gasteiger partial charge in [-0.25, -0.2) is 0 Å². The molecule has 1 aromatic heterocycles. The molecule has 23 heavy (non-hydrogen) atoms. The third-order valence-corrected chi connectivity index (χ3v) is 4.36. The lowest BCUT2D eigenvalue weighted by molar-refractivity contribution is -0.123. The molecule has 1 aliphatic carbocycles. The van der Waals surface area contributed by atoms with Gasteiger partial charge in [0.2, 0.25) is 5.91 Å². The van der Waals surface area contributed by atoms with E-state index in [1.165, 1.54) is 11.8 Å². The van der Waals surface area contributed by atoms with E-state index in [-0.39, 0.29) is 30.1 Å². The maximum Gasteiger partial charge on any atom is 0.227 e. The van der Waals surface area contributed by atoms with Gasteiger partial charge in [0.1, 0.15) is 0 Å². The van der Waals surface area contributed by atoms with Crippen molar-refractivity contribution >= 4 is 11.7 Å². The number of benzene rings is 1. The molecule has 1 aliphatic rings. The summed E-state index contributed by atoms with van der Waals surface area (Å²) in [6, 6.07) is 11.3. The van der Waals surface area contributed by atoms with Crippen LogP contribution >= 0.6 is 0 Å². The molecule has 2 atom stereocenters. The second kappa shape index (κ2) is 6.82. The third kappa shape index (κ3) is 3.52. The number of furan rings is 1. The summed E-state index contributed by atoms with van der Waals surface area (Å²) in [5, 5.41) is 2.98. The molecule has 0 saturated carbocycles. The first-order valence-electron chi connectivity index (χ1n) is 8.10. The smallest absolute Gasteiger partial charge is 0.227 e. The van der Waals surface area contributed by atoms with Crippen LogP contribution in [0, 0.1) is 0 Å². The Morgan fingerprint density at radius 3 is 2.87 bits per heavy atom. The number of hydrogen-bond acceptors (Lipinski definition) is 3. The lowest BCUT2D eigenvalue weighted by atomic mass is 9.82. The summed E-state index contributed by atoms with van der Waals surface area (Å²) < 4.78 is 5.10. The van der Waals surface area contributed by atoms with E-state index in [4.69, 9.17) is 4.42 Å². The fourth-order valence-electron chi connectivity index (χ4n) is 3.24. The monoisotopic (exact) mass is 311 g/mol. The molecular weight excluding hydrogens is 290 g/mol. The molecule has 4 nitrogen and oxygen atoms in total. The zero-order valence-corrected chi connectivity index (χ0v) is 13.2. The quantitative estimate of drug-likeness (QED) is 0.860. The van der Waals surface area contributed by atoms with E-state index in [0.29, 0.717) is 5.76 Å². The Bertz CT molecular complexity index is 690. The van der Waals surface area contributed by atoms with Crippen molar-refractivity contribution in [2.45, 2.75) is 44.6 Å². The highest BCUT2D eigenvalue weighted by molar-refractivity contribution is 5.94. The second-order valence-corrected chi connectivity index (χ2v) is 6.16. The van der Waals surface area contributed by atoms with Crippen molar-refractivity contribution in [3.05, 3.63) is 59.5 Å². The highest BCUT2D eigenvalue weighted by Crippen LogP contribution is 2.31. The molecule has 0 saturated heterocycles. The standard InChI is InChI=1S/C19H21NO3/c1-13(12-17(21)18-10-5-11-23-18)20-19(22)16-9-4-7-14-6-2-3-8-15(14)16/h2-3,5-6,8,10-11,13,16H,4,7,9,12H2,1H3,(H,20,22)/t13-,16+/m0/s1. The fraction of sp³-hybridized carbons (Fsp3) is 0.368. The molecule has 3 rings (SSSR count). The average Bonchev–Trinajstić information content (AvgIpc) is 3.08. The minimum atomic E-state index is -0.214. The Morgan fingerprint density at radius 2 is 2.09 bits per heavy atom. The first-order chi connectivity index (χ1) is 11.1. The predicted octanol–water partition coefficient (Wildman–Crippen LogP) is 3.48. The van der Waals surface area contributed by atoms with Crippen molar-refractivity contribution in [3.63, 3.8) is 0 Å². The molecular formula is C19H21NO3. The van der Waals surface area contributed by atoms with Crippen LogP contribution in [-0.4, -0.2) is 17.7 Å². The maximum absolute atomic E-state index is 12.6. The van der Waals surface area contributed by atoms with E-state index in [1.54, 1.807) is 12.1 Å². The molecule has 4 heteroatoms. The van der Waals surface area contributed by atoms with Gasteiger partial charge in [0.15, 0.2) is 11.5 Å². The van der Waals surface area contributed by atoms with Crippen LogP contribution in [0.25, 0.3) is 0 Å². The normalized spacial score (nSPS) is 18.0. The van der Waals surface area contributed by atoms with E-state index < -0.39 is 0 Å². The van der Waals surface area contributed by atoms with Gasteiger partial charge >= 0.3 is 0 Å². The van der Waals surface area contributed by atoms with Gasteiger partial charge in [-0.05, 0) is 49.4 Å². The second-order valence-electron chi connectivity index (χ2n) is 6.16. The molecule has 0 aliphatic heterocycles. The number of ketones is 1. The number of carbonyl (C=O) groups is 2. The molecule has 0 unspecified atom stereocenters. The van der Waals surface area contributed by atoms with Gasteiger partial charge < -0.3 is 9.73 Å². The molecule has 0 fully saturated rings. The summed E-state index contributed by atoms with van der Waals surface area (Å²) in [4.78, 5) is 24.6. The number of Topliss-reactive ketones (excluding diaryl/α,β-unsaturated/α-hetero) is 1. The number of fused-ring (bicyclic) bond motifs is 1. The maximum atomic E-state index is 12.6. The molecule has 1 aromatic carbocycles. The highest BCUT2D eigenvalue weighted by Gasteiger charge is 2.27. The summed E-state index contributed by atoms with van der Waals surface area (Å²) in [7, 11) is 0. The zero-order valence-electron chi connectivity index (χ0n) is 13.2. The lowest BCUT2D eigenvalue weighted by Gasteiger charge is -2.26. The molecule has 2 aromatic rings. The number of amides is 1. The SMILES string of the molecule is C[C@@H](CC(=O)c1ccco1)NC(=O)[C@@H]1CCCc2ccccc21. The average molecular weight is 311 g/mol. The summed E-state index contributed by atoms with van der Waals surface area (Å²) in [6.07, 6.45) is 4.64. The van der Waals surface area contributed by atoms with E-state index in [1.807, 2.05) is 25.1 Å². The van der Waals surface area contributed by atoms with Crippen molar-refractivity contribution in [2.75, 3.05) is 0 Å². The number of nitrogens with one attached hydrogen (secondary N) is 1.